The molecule has 146 valence electrons. The largest absolute Gasteiger partial charge is 0.274 e. The Balaban J connectivity index is 1.52. The van der Waals surface area contributed by atoms with E-state index in [4.69, 9.17) is 0 Å². The topological polar surface area (TPSA) is 63.2 Å². The molecule has 0 saturated heterocycles. The number of amides is 2. The van der Waals surface area contributed by atoms with E-state index in [1.807, 2.05) is 24.3 Å². The molecule has 5 rings (SSSR count). The second-order valence-corrected chi connectivity index (χ2v) is 7.11. The fraction of sp³-hybridized carbons (Fsp3) is 0.0833. The van der Waals surface area contributed by atoms with Crippen LogP contribution in [0.1, 0.15) is 26.3 Å². The zero-order chi connectivity index (χ0) is 20.7. The monoisotopic (exact) mass is 397 g/mol. The number of hydrogen-bond acceptors (Lipinski definition) is 4. The van der Waals surface area contributed by atoms with Crippen molar-refractivity contribution in [1.82, 2.24) is 14.9 Å². The lowest BCUT2D eigenvalue weighted by atomic mass is 10.0. The van der Waals surface area contributed by atoms with Crippen LogP contribution < -0.4 is 0 Å². The van der Waals surface area contributed by atoms with Gasteiger partial charge >= 0.3 is 0 Å². The Labute approximate surface area is 171 Å². The predicted octanol–water partition coefficient (Wildman–Crippen LogP) is 4.27. The molecule has 0 fully saturated rings. The van der Waals surface area contributed by atoms with Gasteiger partial charge in [0.15, 0.2) is 0 Å². The van der Waals surface area contributed by atoms with Crippen molar-refractivity contribution in [2.45, 2.75) is 6.42 Å². The highest BCUT2D eigenvalue weighted by Gasteiger charge is 2.34. The van der Waals surface area contributed by atoms with E-state index in [0.29, 0.717) is 34.5 Å². The van der Waals surface area contributed by atoms with E-state index in [-0.39, 0.29) is 24.2 Å². The van der Waals surface area contributed by atoms with Gasteiger partial charge in [-0.1, -0.05) is 18.2 Å². The molecule has 1 aliphatic rings. The first-order valence-corrected chi connectivity index (χ1v) is 9.57. The maximum Gasteiger partial charge on any atom is 0.261 e. The molecule has 0 bridgehead atoms. The lowest BCUT2D eigenvalue weighted by Gasteiger charge is -2.16. The number of aromatic nitrogens is 2. The van der Waals surface area contributed by atoms with Crippen LogP contribution in [0.4, 0.5) is 4.39 Å². The van der Waals surface area contributed by atoms with Gasteiger partial charge < -0.3 is 0 Å². The molecule has 0 atom stereocenters. The Hall–Kier alpha value is -3.93. The first-order chi connectivity index (χ1) is 14.6. The van der Waals surface area contributed by atoms with Gasteiger partial charge in [0.2, 0.25) is 0 Å². The zero-order valence-corrected chi connectivity index (χ0v) is 15.9. The van der Waals surface area contributed by atoms with Gasteiger partial charge in [-0.25, -0.2) is 9.37 Å². The number of carbonyl (C=O) groups excluding carboxylic acids is 2. The minimum atomic E-state index is -0.360. The highest BCUT2D eigenvalue weighted by atomic mass is 19.1. The van der Waals surface area contributed by atoms with Crippen molar-refractivity contribution in [3.63, 3.8) is 0 Å². The van der Waals surface area contributed by atoms with Gasteiger partial charge in [-0.05, 0) is 54.4 Å². The Morgan fingerprint density at radius 1 is 0.867 bits per heavy atom. The van der Waals surface area contributed by atoms with E-state index in [0.717, 1.165) is 10.9 Å². The summed E-state index contributed by atoms with van der Waals surface area (Å²) in [6.45, 7) is 0.223. The zero-order valence-electron chi connectivity index (χ0n) is 15.9. The second-order valence-electron chi connectivity index (χ2n) is 7.11. The maximum absolute atomic E-state index is 13.7. The number of nitrogens with zero attached hydrogens (tertiary/aromatic N) is 3. The number of rotatable bonds is 4. The molecule has 30 heavy (non-hydrogen) atoms. The predicted molar refractivity (Wildman–Crippen MR) is 110 cm³/mol. The van der Waals surface area contributed by atoms with Gasteiger partial charge in [0.25, 0.3) is 11.8 Å². The second kappa shape index (κ2) is 7.15. The summed E-state index contributed by atoms with van der Waals surface area (Å²) in [4.78, 5) is 35.6. The average molecular weight is 397 g/mol. The molecule has 2 aromatic heterocycles. The van der Waals surface area contributed by atoms with Gasteiger partial charge in [-0.15, -0.1) is 0 Å². The van der Waals surface area contributed by atoms with Crippen molar-refractivity contribution in [2.24, 2.45) is 0 Å². The van der Waals surface area contributed by atoms with Crippen LogP contribution in [0.2, 0.25) is 0 Å². The van der Waals surface area contributed by atoms with Gasteiger partial charge in [0, 0.05) is 24.2 Å². The minimum absolute atomic E-state index is 0.223. The number of hydrogen-bond donors (Lipinski definition) is 0. The molecular formula is C24H16FN3O2. The normalized spacial score (nSPS) is 13.2. The van der Waals surface area contributed by atoms with Crippen molar-refractivity contribution < 1.29 is 14.0 Å². The summed E-state index contributed by atoms with van der Waals surface area (Å²) in [5, 5.41) is 0.786. The third-order valence-electron chi connectivity index (χ3n) is 5.25. The first-order valence-electron chi connectivity index (χ1n) is 9.57. The van der Waals surface area contributed by atoms with Gasteiger partial charge in [-0.2, -0.15) is 0 Å². The van der Waals surface area contributed by atoms with Crippen LogP contribution in [0.3, 0.4) is 0 Å². The van der Waals surface area contributed by atoms with Gasteiger partial charge in [0.05, 0.1) is 28.0 Å². The first kappa shape index (κ1) is 18.1. The molecule has 0 saturated carbocycles. The van der Waals surface area contributed by atoms with Crippen LogP contribution in [0.15, 0.2) is 72.9 Å². The van der Waals surface area contributed by atoms with E-state index < -0.39 is 0 Å². The number of halogens is 1. The molecule has 0 N–H and O–H groups in total. The Kier molecular flexibility index (Phi) is 4.32. The molecule has 2 amide bonds. The summed E-state index contributed by atoms with van der Waals surface area (Å²) < 4.78 is 13.7. The van der Waals surface area contributed by atoms with Crippen LogP contribution in [-0.2, 0) is 6.42 Å². The van der Waals surface area contributed by atoms with Crippen LogP contribution in [-0.4, -0.2) is 33.2 Å². The Bertz CT molecular complexity index is 1270. The van der Waals surface area contributed by atoms with Crippen LogP contribution in [0.5, 0.6) is 0 Å². The lowest BCUT2D eigenvalue weighted by molar-refractivity contribution is 0.0656. The molecule has 3 heterocycles. The SMILES string of the molecule is O=C1c2ccccc2C(=O)N1CCc1cc2ccc(F)cc2nc1-c1ccccn1. The van der Waals surface area contributed by atoms with E-state index in [2.05, 4.69) is 9.97 Å². The maximum atomic E-state index is 13.7. The van der Waals surface area contributed by atoms with Crippen molar-refractivity contribution in [3.05, 3.63) is 95.4 Å². The summed E-state index contributed by atoms with van der Waals surface area (Å²) in [7, 11) is 0. The Morgan fingerprint density at radius 2 is 1.60 bits per heavy atom. The molecule has 6 heteroatoms. The highest BCUT2D eigenvalue weighted by Crippen LogP contribution is 2.27. The lowest BCUT2D eigenvalue weighted by Crippen LogP contribution is -2.31. The third kappa shape index (κ3) is 3.03. The summed E-state index contributed by atoms with van der Waals surface area (Å²) >= 11 is 0. The Morgan fingerprint density at radius 3 is 2.30 bits per heavy atom. The van der Waals surface area contributed by atoms with E-state index in [1.165, 1.54) is 17.0 Å². The third-order valence-corrected chi connectivity index (χ3v) is 5.25. The molecule has 2 aromatic carbocycles. The summed E-state index contributed by atoms with van der Waals surface area (Å²) in [5.74, 6) is -0.933. The van der Waals surface area contributed by atoms with Gasteiger partial charge in [0.1, 0.15) is 5.82 Å². The number of fused-ring (bicyclic) bond motifs is 2. The molecule has 0 radical (unpaired) electrons. The van der Waals surface area contributed by atoms with Crippen molar-refractivity contribution >= 4 is 22.7 Å². The number of pyridine rings is 2. The molecule has 0 spiro atoms. The fourth-order valence-corrected chi connectivity index (χ4v) is 3.77. The molecular weight excluding hydrogens is 381 g/mol. The summed E-state index contributed by atoms with van der Waals surface area (Å²) in [6.07, 6.45) is 2.08. The summed E-state index contributed by atoms with van der Waals surface area (Å²) in [6, 6.07) is 18.7. The average Bonchev–Trinajstić information content (AvgIpc) is 3.02. The number of imide groups is 1. The van der Waals surface area contributed by atoms with Gasteiger partial charge in [-0.3, -0.25) is 19.5 Å². The van der Waals surface area contributed by atoms with Crippen LogP contribution in [0.25, 0.3) is 22.3 Å². The molecule has 1 aliphatic heterocycles. The fourth-order valence-electron chi connectivity index (χ4n) is 3.77. The number of carbonyl (C=O) groups is 2. The van der Waals surface area contributed by atoms with Crippen molar-refractivity contribution in [1.29, 1.82) is 0 Å². The van der Waals surface area contributed by atoms with Crippen molar-refractivity contribution in [2.75, 3.05) is 6.54 Å². The quantitative estimate of drug-likeness (QED) is 0.483. The van der Waals surface area contributed by atoms with Crippen molar-refractivity contribution in [3.8, 4) is 11.4 Å². The van der Waals surface area contributed by atoms with E-state index in [9.17, 15) is 14.0 Å². The smallest absolute Gasteiger partial charge is 0.261 e. The molecule has 4 aromatic rings. The number of benzene rings is 2. The van der Waals surface area contributed by atoms with Crippen LogP contribution in [0, 0.1) is 5.82 Å². The molecule has 0 unspecified atom stereocenters. The molecule has 5 nitrogen and oxygen atoms in total. The van der Waals surface area contributed by atoms with E-state index in [1.54, 1.807) is 36.5 Å². The highest BCUT2D eigenvalue weighted by molar-refractivity contribution is 6.21. The minimum Gasteiger partial charge on any atom is -0.274 e. The molecule has 0 aliphatic carbocycles. The standard InChI is InChI=1S/C24H16FN3O2/c25-17-9-8-15-13-16(22(27-21(15)14-17)20-7-3-4-11-26-20)10-12-28-23(29)18-5-1-2-6-19(18)24(28)30/h1-9,11,13-14H,10,12H2. The van der Waals surface area contributed by atoms with E-state index >= 15 is 0 Å². The van der Waals surface area contributed by atoms with Crippen LogP contribution >= 0.6 is 0 Å². The summed E-state index contributed by atoms with van der Waals surface area (Å²) in [5.41, 5.74) is 3.50.